The molecule has 4 nitrogen and oxygen atoms in total. The molecule has 1 saturated carbocycles. The van der Waals surface area contributed by atoms with Crippen LogP contribution >= 0.6 is 0 Å². The third-order valence-corrected chi connectivity index (χ3v) is 9.13. The summed E-state index contributed by atoms with van der Waals surface area (Å²) in [6.07, 6.45) is 33.7. The summed E-state index contributed by atoms with van der Waals surface area (Å²) in [7, 11) is 0. The van der Waals surface area contributed by atoms with E-state index in [0.717, 1.165) is 57.8 Å². The highest BCUT2D eigenvalue weighted by molar-refractivity contribution is 5.79. The summed E-state index contributed by atoms with van der Waals surface area (Å²) in [5.74, 6) is 0.578. The lowest BCUT2D eigenvalue weighted by atomic mass is 9.88. The van der Waals surface area contributed by atoms with Crippen molar-refractivity contribution in [2.75, 3.05) is 0 Å². The Balaban J connectivity index is 2.43. The van der Waals surface area contributed by atoms with Crippen molar-refractivity contribution in [2.45, 2.75) is 213 Å². The van der Waals surface area contributed by atoms with E-state index in [1.165, 1.54) is 116 Å². The van der Waals surface area contributed by atoms with Crippen molar-refractivity contribution in [1.29, 1.82) is 0 Å². The molecule has 4 heteroatoms. The molecule has 0 aliphatic heterocycles. The highest BCUT2D eigenvalue weighted by Crippen LogP contribution is 2.23. The van der Waals surface area contributed by atoms with Crippen molar-refractivity contribution in [2.24, 2.45) is 5.92 Å². The molecular formula is C36H70N2O2. The van der Waals surface area contributed by atoms with Crippen LogP contribution in [0.1, 0.15) is 201 Å². The first-order valence-corrected chi connectivity index (χ1v) is 18.2. The first-order chi connectivity index (χ1) is 19.6. The third-order valence-electron chi connectivity index (χ3n) is 9.13. The predicted octanol–water partition coefficient (Wildman–Crippen LogP) is 10.6. The molecule has 1 rings (SSSR count). The van der Waals surface area contributed by atoms with E-state index in [2.05, 4.69) is 31.4 Å². The van der Waals surface area contributed by atoms with E-state index in [-0.39, 0.29) is 29.8 Å². The minimum Gasteiger partial charge on any atom is -0.351 e. The maximum absolute atomic E-state index is 13.5. The summed E-state index contributed by atoms with van der Waals surface area (Å²) < 4.78 is 0. The quantitative estimate of drug-likeness (QED) is 0.0978. The first-order valence-electron chi connectivity index (χ1n) is 18.2. The molecule has 2 N–H and O–H groups in total. The van der Waals surface area contributed by atoms with Crippen LogP contribution in [0.5, 0.6) is 0 Å². The molecule has 1 aliphatic rings. The van der Waals surface area contributed by atoms with Gasteiger partial charge in [0.1, 0.15) is 0 Å². The Morgan fingerprint density at radius 3 is 1.35 bits per heavy atom. The standard InChI is InChI=1S/C36H70N2O2/c1-4-7-10-13-15-16-18-21-24-31-35(39)37-33-29-25-26-30-34(33)38-36(40)32(27-22-19-12-9-6-3)28-23-20-17-14-11-8-5-2/h32-34H,4-31H2,1-3H3,(H,37,39)(H,38,40)/t32?,33-,34-/m1/s1. The second-order valence-electron chi connectivity index (χ2n) is 13.0. The molecule has 40 heavy (non-hydrogen) atoms. The van der Waals surface area contributed by atoms with E-state index in [1.54, 1.807) is 0 Å². The molecule has 0 saturated heterocycles. The van der Waals surface area contributed by atoms with E-state index in [9.17, 15) is 9.59 Å². The fraction of sp³-hybridized carbons (Fsp3) is 0.944. The molecule has 0 heterocycles. The van der Waals surface area contributed by atoms with Crippen molar-refractivity contribution in [3.63, 3.8) is 0 Å². The lowest BCUT2D eigenvalue weighted by molar-refractivity contribution is -0.128. The van der Waals surface area contributed by atoms with Crippen LogP contribution in [0.2, 0.25) is 0 Å². The zero-order valence-corrected chi connectivity index (χ0v) is 27.3. The molecule has 0 bridgehead atoms. The Kier molecular flexibility index (Phi) is 24.8. The van der Waals surface area contributed by atoms with Gasteiger partial charge in [0.2, 0.25) is 11.8 Å². The number of hydrogen-bond donors (Lipinski definition) is 2. The average molecular weight is 563 g/mol. The Morgan fingerprint density at radius 1 is 0.525 bits per heavy atom. The molecule has 0 aromatic rings. The largest absolute Gasteiger partial charge is 0.351 e. The maximum Gasteiger partial charge on any atom is 0.223 e. The minimum atomic E-state index is 0.102. The number of unbranched alkanes of at least 4 members (excludes halogenated alkanes) is 18. The lowest BCUT2D eigenvalue weighted by Gasteiger charge is -2.34. The lowest BCUT2D eigenvalue weighted by Crippen LogP contribution is -2.54. The minimum absolute atomic E-state index is 0.102. The van der Waals surface area contributed by atoms with Gasteiger partial charge in [-0.3, -0.25) is 9.59 Å². The van der Waals surface area contributed by atoms with Crippen LogP contribution in [0, 0.1) is 5.92 Å². The van der Waals surface area contributed by atoms with Gasteiger partial charge in [-0.1, -0.05) is 162 Å². The van der Waals surface area contributed by atoms with Gasteiger partial charge in [0.15, 0.2) is 0 Å². The van der Waals surface area contributed by atoms with Crippen LogP contribution in [-0.4, -0.2) is 23.9 Å². The van der Waals surface area contributed by atoms with Gasteiger partial charge in [0.05, 0.1) is 0 Å². The van der Waals surface area contributed by atoms with Crippen molar-refractivity contribution in [3.8, 4) is 0 Å². The number of amides is 2. The van der Waals surface area contributed by atoms with Gasteiger partial charge in [0, 0.05) is 24.4 Å². The number of nitrogens with one attached hydrogen (secondary N) is 2. The molecule has 0 spiro atoms. The summed E-state index contributed by atoms with van der Waals surface area (Å²) in [6, 6.07) is 0.206. The van der Waals surface area contributed by atoms with E-state index in [1.807, 2.05) is 0 Å². The van der Waals surface area contributed by atoms with Crippen LogP contribution in [0.15, 0.2) is 0 Å². The van der Waals surface area contributed by atoms with Gasteiger partial charge in [-0.05, 0) is 32.1 Å². The maximum atomic E-state index is 13.5. The third kappa shape index (κ3) is 19.9. The summed E-state index contributed by atoms with van der Waals surface area (Å²) in [4.78, 5) is 26.3. The number of hydrogen-bond acceptors (Lipinski definition) is 2. The molecule has 0 radical (unpaired) electrons. The molecule has 1 unspecified atom stereocenters. The van der Waals surface area contributed by atoms with Crippen LogP contribution in [0.25, 0.3) is 0 Å². The topological polar surface area (TPSA) is 58.2 Å². The van der Waals surface area contributed by atoms with Gasteiger partial charge in [-0.15, -0.1) is 0 Å². The van der Waals surface area contributed by atoms with Crippen LogP contribution in [0.4, 0.5) is 0 Å². The summed E-state index contributed by atoms with van der Waals surface area (Å²) >= 11 is 0. The van der Waals surface area contributed by atoms with E-state index in [0.29, 0.717) is 6.42 Å². The van der Waals surface area contributed by atoms with Crippen molar-refractivity contribution < 1.29 is 9.59 Å². The van der Waals surface area contributed by atoms with Gasteiger partial charge < -0.3 is 10.6 Å². The fourth-order valence-electron chi connectivity index (χ4n) is 6.40. The molecule has 1 fully saturated rings. The summed E-state index contributed by atoms with van der Waals surface area (Å²) in [6.45, 7) is 6.79. The summed E-state index contributed by atoms with van der Waals surface area (Å²) in [5, 5.41) is 6.77. The second kappa shape index (κ2) is 26.8. The smallest absolute Gasteiger partial charge is 0.223 e. The van der Waals surface area contributed by atoms with Gasteiger partial charge in [0.25, 0.3) is 0 Å². The average Bonchev–Trinajstić information content (AvgIpc) is 2.95. The van der Waals surface area contributed by atoms with E-state index < -0.39 is 0 Å². The Bertz CT molecular complexity index is 593. The molecule has 0 aromatic carbocycles. The van der Waals surface area contributed by atoms with Crippen LogP contribution in [0.3, 0.4) is 0 Å². The van der Waals surface area contributed by atoms with E-state index in [4.69, 9.17) is 0 Å². The molecule has 1 aliphatic carbocycles. The van der Waals surface area contributed by atoms with Gasteiger partial charge >= 0.3 is 0 Å². The van der Waals surface area contributed by atoms with Crippen molar-refractivity contribution in [1.82, 2.24) is 10.6 Å². The predicted molar refractivity (Wildman–Crippen MR) is 174 cm³/mol. The first kappa shape index (κ1) is 37.0. The highest BCUT2D eigenvalue weighted by Gasteiger charge is 2.29. The Labute approximate surface area is 250 Å². The second-order valence-corrected chi connectivity index (χ2v) is 13.0. The molecule has 3 atom stereocenters. The molecular weight excluding hydrogens is 492 g/mol. The Hall–Kier alpha value is -1.06. The molecule has 2 amide bonds. The van der Waals surface area contributed by atoms with Crippen LogP contribution < -0.4 is 10.6 Å². The monoisotopic (exact) mass is 563 g/mol. The summed E-state index contributed by atoms with van der Waals surface area (Å²) in [5.41, 5.74) is 0. The number of carbonyl (C=O) groups is 2. The number of rotatable bonds is 27. The highest BCUT2D eigenvalue weighted by atomic mass is 16.2. The van der Waals surface area contributed by atoms with Crippen molar-refractivity contribution in [3.05, 3.63) is 0 Å². The van der Waals surface area contributed by atoms with Gasteiger partial charge in [-0.25, -0.2) is 0 Å². The number of carbonyl (C=O) groups excluding carboxylic acids is 2. The van der Waals surface area contributed by atoms with Crippen LogP contribution in [-0.2, 0) is 9.59 Å². The normalized spacial score (nSPS) is 18.0. The zero-order valence-electron chi connectivity index (χ0n) is 27.3. The molecule has 236 valence electrons. The Morgan fingerprint density at radius 2 is 0.900 bits per heavy atom. The fourth-order valence-corrected chi connectivity index (χ4v) is 6.40. The zero-order chi connectivity index (χ0) is 29.1. The van der Waals surface area contributed by atoms with Crippen molar-refractivity contribution >= 4 is 11.8 Å². The SMILES string of the molecule is CCCCCCCCCCCC(=O)N[C@@H]1CCCC[C@H]1NC(=O)C(CCCCCCC)CCCCCCCCC. The van der Waals surface area contributed by atoms with Gasteiger partial charge in [-0.2, -0.15) is 0 Å². The van der Waals surface area contributed by atoms with E-state index >= 15 is 0 Å². The molecule has 0 aromatic heterocycles.